The Labute approximate surface area is 97.1 Å². The molecule has 0 spiro atoms. The maximum atomic E-state index is 9.75. The number of aryl methyl sites for hydroxylation is 1. The molecule has 1 unspecified atom stereocenters. The average molecular weight is 307 g/mol. The SMILES string of the molecule is Cc1cc(I)c(O)c(C(N)CCO)c1. The van der Waals surface area contributed by atoms with Crippen molar-refractivity contribution in [3.8, 4) is 5.75 Å². The van der Waals surface area contributed by atoms with E-state index in [0.717, 1.165) is 9.13 Å². The highest BCUT2D eigenvalue weighted by molar-refractivity contribution is 14.1. The highest BCUT2D eigenvalue weighted by Gasteiger charge is 2.13. The zero-order chi connectivity index (χ0) is 10.7. The number of hydrogen-bond donors (Lipinski definition) is 3. The van der Waals surface area contributed by atoms with Gasteiger partial charge in [-0.15, -0.1) is 0 Å². The van der Waals surface area contributed by atoms with E-state index in [-0.39, 0.29) is 18.4 Å². The third kappa shape index (κ3) is 2.59. The summed E-state index contributed by atoms with van der Waals surface area (Å²) < 4.78 is 0.797. The predicted molar refractivity (Wildman–Crippen MR) is 64.2 cm³/mol. The molecule has 0 radical (unpaired) electrons. The summed E-state index contributed by atoms with van der Waals surface area (Å²) in [6, 6.07) is 3.46. The summed E-state index contributed by atoms with van der Waals surface area (Å²) in [5.41, 5.74) is 7.60. The number of aliphatic hydroxyl groups is 1. The summed E-state index contributed by atoms with van der Waals surface area (Å²) in [7, 11) is 0. The lowest BCUT2D eigenvalue weighted by molar-refractivity contribution is 0.275. The summed E-state index contributed by atoms with van der Waals surface area (Å²) in [4.78, 5) is 0. The van der Waals surface area contributed by atoms with Crippen LogP contribution in [-0.4, -0.2) is 16.8 Å². The van der Waals surface area contributed by atoms with Crippen molar-refractivity contribution in [1.29, 1.82) is 0 Å². The topological polar surface area (TPSA) is 66.5 Å². The van der Waals surface area contributed by atoms with Crippen molar-refractivity contribution in [3.05, 3.63) is 26.8 Å². The zero-order valence-corrected chi connectivity index (χ0v) is 10.2. The first-order valence-corrected chi connectivity index (χ1v) is 5.49. The molecule has 1 atom stereocenters. The molecule has 0 fully saturated rings. The summed E-state index contributed by atoms with van der Waals surface area (Å²) in [5, 5.41) is 18.5. The summed E-state index contributed by atoms with van der Waals surface area (Å²) in [6.07, 6.45) is 0.465. The van der Waals surface area contributed by atoms with Gasteiger partial charge in [0, 0.05) is 18.2 Å². The fourth-order valence-electron chi connectivity index (χ4n) is 1.34. The molecule has 14 heavy (non-hydrogen) atoms. The largest absolute Gasteiger partial charge is 0.506 e. The molecular formula is C10H14INO2. The quantitative estimate of drug-likeness (QED) is 0.745. The van der Waals surface area contributed by atoms with Crippen molar-refractivity contribution in [2.75, 3.05) is 6.61 Å². The molecule has 0 aliphatic carbocycles. The highest BCUT2D eigenvalue weighted by atomic mass is 127. The third-order valence-corrected chi connectivity index (χ3v) is 2.90. The fraction of sp³-hybridized carbons (Fsp3) is 0.400. The predicted octanol–water partition coefficient (Wildman–Crippen LogP) is 1.69. The number of hydrogen-bond acceptors (Lipinski definition) is 3. The van der Waals surface area contributed by atoms with Crippen LogP contribution in [-0.2, 0) is 0 Å². The summed E-state index contributed by atoms with van der Waals surface area (Å²) >= 11 is 2.07. The monoisotopic (exact) mass is 307 g/mol. The Morgan fingerprint density at radius 2 is 2.14 bits per heavy atom. The van der Waals surface area contributed by atoms with Crippen LogP contribution in [0.5, 0.6) is 5.75 Å². The van der Waals surface area contributed by atoms with Gasteiger partial charge >= 0.3 is 0 Å². The number of phenols is 1. The van der Waals surface area contributed by atoms with Crippen LogP contribution in [0.2, 0.25) is 0 Å². The molecule has 1 aromatic carbocycles. The minimum Gasteiger partial charge on any atom is -0.506 e. The molecule has 78 valence electrons. The van der Waals surface area contributed by atoms with E-state index in [2.05, 4.69) is 22.6 Å². The molecule has 0 aromatic heterocycles. The van der Waals surface area contributed by atoms with E-state index in [9.17, 15) is 5.11 Å². The molecule has 1 rings (SSSR count). The van der Waals surface area contributed by atoms with Crippen LogP contribution in [0.3, 0.4) is 0 Å². The first kappa shape index (κ1) is 11.7. The van der Waals surface area contributed by atoms with E-state index in [1.165, 1.54) is 0 Å². The Morgan fingerprint density at radius 3 is 2.71 bits per heavy atom. The smallest absolute Gasteiger partial charge is 0.133 e. The number of benzene rings is 1. The second-order valence-corrected chi connectivity index (χ2v) is 4.47. The number of aromatic hydroxyl groups is 1. The number of rotatable bonds is 3. The second kappa shape index (κ2) is 4.95. The van der Waals surface area contributed by atoms with E-state index in [0.29, 0.717) is 12.0 Å². The van der Waals surface area contributed by atoms with Gasteiger partial charge in [0.05, 0.1) is 3.57 Å². The molecule has 3 nitrogen and oxygen atoms in total. The number of phenolic OH excluding ortho intramolecular Hbond substituents is 1. The first-order valence-electron chi connectivity index (χ1n) is 4.41. The van der Waals surface area contributed by atoms with Crippen LogP contribution in [0.1, 0.15) is 23.6 Å². The van der Waals surface area contributed by atoms with Gasteiger partial charge in [0.25, 0.3) is 0 Å². The summed E-state index contributed by atoms with van der Waals surface area (Å²) in [6.45, 7) is 1.99. The van der Waals surface area contributed by atoms with Gasteiger partial charge in [-0.3, -0.25) is 0 Å². The Bertz CT molecular complexity index is 328. The lowest BCUT2D eigenvalue weighted by atomic mass is 10.0. The summed E-state index contributed by atoms with van der Waals surface area (Å²) in [5.74, 6) is 0.233. The van der Waals surface area contributed by atoms with E-state index in [1.54, 1.807) is 0 Å². The van der Waals surface area contributed by atoms with E-state index >= 15 is 0 Å². The maximum Gasteiger partial charge on any atom is 0.133 e. The Balaban J connectivity index is 3.07. The zero-order valence-electron chi connectivity index (χ0n) is 8.00. The standard InChI is InChI=1S/C10H14INO2/c1-6-4-7(9(12)2-3-13)10(14)8(11)5-6/h4-5,9,13-14H,2-3,12H2,1H3. The average Bonchev–Trinajstić information content (AvgIpc) is 2.11. The molecule has 0 aliphatic heterocycles. The van der Waals surface area contributed by atoms with Crippen molar-refractivity contribution >= 4 is 22.6 Å². The maximum absolute atomic E-state index is 9.75. The fourth-order valence-corrected chi connectivity index (χ4v) is 2.14. The molecule has 0 aliphatic rings. The molecule has 0 amide bonds. The first-order chi connectivity index (χ1) is 6.56. The van der Waals surface area contributed by atoms with Crippen LogP contribution in [0.25, 0.3) is 0 Å². The van der Waals surface area contributed by atoms with Gasteiger partial charge in [-0.1, -0.05) is 6.07 Å². The Kier molecular flexibility index (Phi) is 4.15. The van der Waals surface area contributed by atoms with E-state index < -0.39 is 0 Å². The molecule has 4 N–H and O–H groups in total. The van der Waals surface area contributed by atoms with Crippen molar-refractivity contribution < 1.29 is 10.2 Å². The van der Waals surface area contributed by atoms with Gasteiger partial charge in [-0.25, -0.2) is 0 Å². The van der Waals surface area contributed by atoms with Crippen LogP contribution in [0, 0.1) is 10.5 Å². The molecule has 4 heteroatoms. The van der Waals surface area contributed by atoms with Crippen LogP contribution in [0.15, 0.2) is 12.1 Å². The minimum absolute atomic E-state index is 0.0329. The van der Waals surface area contributed by atoms with E-state index in [1.807, 2.05) is 19.1 Å². The third-order valence-electron chi connectivity index (χ3n) is 2.08. The lowest BCUT2D eigenvalue weighted by Gasteiger charge is -2.14. The number of nitrogens with two attached hydrogens (primary N) is 1. The van der Waals surface area contributed by atoms with Gasteiger partial charge in [0.1, 0.15) is 5.75 Å². The highest BCUT2D eigenvalue weighted by Crippen LogP contribution is 2.30. The molecule has 1 aromatic rings. The normalized spacial score (nSPS) is 12.9. The van der Waals surface area contributed by atoms with Crippen LogP contribution in [0.4, 0.5) is 0 Å². The molecule has 0 heterocycles. The molecule has 0 bridgehead atoms. The van der Waals surface area contributed by atoms with Crippen molar-refractivity contribution in [2.45, 2.75) is 19.4 Å². The number of halogens is 1. The second-order valence-electron chi connectivity index (χ2n) is 3.30. The van der Waals surface area contributed by atoms with Gasteiger partial charge in [0.2, 0.25) is 0 Å². The van der Waals surface area contributed by atoms with Crippen molar-refractivity contribution in [3.63, 3.8) is 0 Å². The van der Waals surface area contributed by atoms with Gasteiger partial charge in [-0.2, -0.15) is 0 Å². The minimum atomic E-state index is -0.298. The van der Waals surface area contributed by atoms with Gasteiger partial charge in [0.15, 0.2) is 0 Å². The van der Waals surface area contributed by atoms with Gasteiger partial charge in [-0.05, 0) is 47.6 Å². The molecule has 0 saturated carbocycles. The van der Waals surface area contributed by atoms with Crippen LogP contribution >= 0.6 is 22.6 Å². The van der Waals surface area contributed by atoms with Gasteiger partial charge < -0.3 is 15.9 Å². The lowest BCUT2D eigenvalue weighted by Crippen LogP contribution is -2.12. The van der Waals surface area contributed by atoms with Crippen molar-refractivity contribution in [2.24, 2.45) is 5.73 Å². The molecule has 0 saturated heterocycles. The Hall–Kier alpha value is -0.330. The van der Waals surface area contributed by atoms with Crippen molar-refractivity contribution in [1.82, 2.24) is 0 Å². The Morgan fingerprint density at radius 1 is 1.50 bits per heavy atom. The molecular weight excluding hydrogens is 293 g/mol. The number of aliphatic hydroxyl groups excluding tert-OH is 1. The van der Waals surface area contributed by atoms with Crippen LogP contribution < -0.4 is 5.73 Å². The van der Waals surface area contributed by atoms with E-state index in [4.69, 9.17) is 10.8 Å².